The monoisotopic (exact) mass is 581 g/mol. The van der Waals surface area contributed by atoms with Gasteiger partial charge in [-0.1, -0.05) is 11.6 Å². The fraction of sp³-hybridized carbons (Fsp3) is 0.259. The largest absolute Gasteiger partial charge is 0.379 e. The van der Waals surface area contributed by atoms with E-state index in [1.807, 2.05) is 0 Å². The van der Waals surface area contributed by atoms with E-state index in [9.17, 15) is 18.1 Å². The van der Waals surface area contributed by atoms with Gasteiger partial charge in [-0.25, -0.2) is 17.8 Å². The Morgan fingerprint density at radius 2 is 1.95 bits per heavy atom. The molecular formula is C27H25ClFN7O3S. The zero-order chi connectivity index (χ0) is 28.3. The lowest BCUT2D eigenvalue weighted by Gasteiger charge is -2.26. The van der Waals surface area contributed by atoms with Crippen molar-refractivity contribution in [3.05, 3.63) is 70.9 Å². The maximum Gasteiger partial charge on any atom is 0.234 e. The molecule has 2 N–H and O–H groups in total. The van der Waals surface area contributed by atoms with Gasteiger partial charge in [0.15, 0.2) is 0 Å². The van der Waals surface area contributed by atoms with Crippen LogP contribution in [-0.4, -0.2) is 66.9 Å². The van der Waals surface area contributed by atoms with Crippen LogP contribution >= 0.6 is 11.6 Å². The Bertz CT molecular complexity index is 1720. The number of aryl methyl sites for hydroxylation is 1. The van der Waals surface area contributed by atoms with Crippen molar-refractivity contribution in [2.75, 3.05) is 48.6 Å². The summed E-state index contributed by atoms with van der Waals surface area (Å²) < 4.78 is 47.4. The lowest BCUT2D eigenvalue weighted by Crippen LogP contribution is -2.39. The molecule has 1 aliphatic rings. The Labute approximate surface area is 235 Å². The highest BCUT2D eigenvalue weighted by molar-refractivity contribution is 7.92. The minimum atomic E-state index is -3.63. The van der Waals surface area contributed by atoms with Gasteiger partial charge >= 0.3 is 0 Å². The van der Waals surface area contributed by atoms with E-state index in [1.165, 1.54) is 24.4 Å². The molecule has 1 aliphatic heterocycles. The number of hydrogen-bond acceptors (Lipinski definition) is 9. The number of pyridine rings is 3. The lowest BCUT2D eigenvalue weighted by atomic mass is 10.1. The Morgan fingerprint density at radius 3 is 2.70 bits per heavy atom. The van der Waals surface area contributed by atoms with Gasteiger partial charge in [0.25, 0.3) is 0 Å². The number of nitrogens with one attached hydrogen (secondary N) is 2. The number of fused-ring (bicyclic) bond motifs is 1. The minimum absolute atomic E-state index is 0.0596. The van der Waals surface area contributed by atoms with Gasteiger partial charge in [0.05, 0.1) is 57.8 Å². The van der Waals surface area contributed by atoms with Gasteiger partial charge in [0.1, 0.15) is 17.4 Å². The molecule has 0 unspecified atom stereocenters. The maximum atomic E-state index is 13.7. The number of nitrogens with zero attached hydrogens (tertiary/aromatic N) is 5. The Balaban J connectivity index is 1.45. The normalized spacial score (nSPS) is 14.2. The second-order valence-corrected chi connectivity index (χ2v) is 11.5. The maximum absolute atomic E-state index is 13.7. The van der Waals surface area contributed by atoms with Gasteiger partial charge in [0.2, 0.25) is 10.0 Å². The molecule has 4 aromatic rings. The molecule has 0 amide bonds. The highest BCUT2D eigenvalue weighted by Crippen LogP contribution is 2.32. The third kappa shape index (κ3) is 6.29. The number of benzene rings is 1. The number of morpholine rings is 1. The Morgan fingerprint density at radius 1 is 1.15 bits per heavy atom. The molecule has 0 bridgehead atoms. The molecule has 10 nitrogen and oxygen atoms in total. The lowest BCUT2D eigenvalue weighted by molar-refractivity contribution is 0.0408. The summed E-state index contributed by atoms with van der Waals surface area (Å²) in [5, 5.41) is 12.8. The number of nitriles is 1. The molecule has 4 heterocycles. The van der Waals surface area contributed by atoms with E-state index in [4.69, 9.17) is 21.3 Å². The third-order valence-electron chi connectivity index (χ3n) is 6.45. The topological polar surface area (TPSA) is 133 Å². The van der Waals surface area contributed by atoms with Crippen LogP contribution in [0.15, 0.2) is 48.8 Å². The smallest absolute Gasteiger partial charge is 0.234 e. The van der Waals surface area contributed by atoms with E-state index in [2.05, 4.69) is 31.0 Å². The summed E-state index contributed by atoms with van der Waals surface area (Å²) in [4.78, 5) is 15.5. The van der Waals surface area contributed by atoms with Gasteiger partial charge in [0, 0.05) is 43.3 Å². The molecule has 1 saturated heterocycles. The summed E-state index contributed by atoms with van der Waals surface area (Å²) in [5.41, 5.74) is 3.91. The van der Waals surface area contributed by atoms with Crippen LogP contribution in [0.25, 0.3) is 22.3 Å². The number of halogens is 2. The average molecular weight is 582 g/mol. The van der Waals surface area contributed by atoms with Crippen molar-refractivity contribution >= 4 is 49.7 Å². The summed E-state index contributed by atoms with van der Waals surface area (Å²) in [7, 11) is -3.63. The quantitative estimate of drug-likeness (QED) is 0.309. The van der Waals surface area contributed by atoms with Crippen LogP contribution in [-0.2, 0) is 14.8 Å². The first-order chi connectivity index (χ1) is 19.2. The van der Waals surface area contributed by atoms with Crippen molar-refractivity contribution in [2.45, 2.75) is 6.92 Å². The van der Waals surface area contributed by atoms with E-state index < -0.39 is 15.8 Å². The SMILES string of the molecule is Cc1ncc(-c2ccc3ncc(C#N)c(Nc4ccc(F)c(Cl)c4)c3n2)cc1NS(=O)(=O)CCN1CCOCC1. The average Bonchev–Trinajstić information content (AvgIpc) is 2.95. The fourth-order valence-electron chi connectivity index (χ4n) is 4.23. The highest BCUT2D eigenvalue weighted by Gasteiger charge is 2.18. The van der Waals surface area contributed by atoms with Gasteiger partial charge in [-0.15, -0.1) is 0 Å². The van der Waals surface area contributed by atoms with Crippen LogP contribution in [0.3, 0.4) is 0 Å². The van der Waals surface area contributed by atoms with Crippen LogP contribution in [0, 0.1) is 24.1 Å². The standard InChI is InChI=1S/C27H25ClFN7O3S/c1-17-25(35-40(37,38)11-8-36-6-9-39-10-7-36)12-18(15-31-17)23-4-5-24-27(34-23)26(19(14-30)16-32-24)33-20-2-3-22(29)21(28)13-20/h2-5,12-13,15-16,35H,6-11H2,1H3,(H,32,33). The van der Waals surface area contributed by atoms with Crippen molar-refractivity contribution < 1.29 is 17.5 Å². The number of hydrogen-bond donors (Lipinski definition) is 2. The summed E-state index contributed by atoms with van der Waals surface area (Å²) >= 11 is 5.94. The Hall–Kier alpha value is -3.89. The van der Waals surface area contributed by atoms with E-state index in [-0.39, 0.29) is 16.3 Å². The van der Waals surface area contributed by atoms with E-state index >= 15 is 0 Å². The number of rotatable bonds is 8. The van der Waals surface area contributed by atoms with Crippen molar-refractivity contribution in [1.29, 1.82) is 5.26 Å². The number of anilines is 3. The van der Waals surface area contributed by atoms with Crippen molar-refractivity contribution in [3.8, 4) is 17.3 Å². The van der Waals surface area contributed by atoms with Gasteiger partial charge in [-0.05, 0) is 43.3 Å². The molecule has 0 aliphatic carbocycles. The minimum Gasteiger partial charge on any atom is -0.379 e. The van der Waals surface area contributed by atoms with E-state index in [0.717, 1.165) is 0 Å². The number of aromatic nitrogens is 3. The number of ether oxygens (including phenoxy) is 1. The molecule has 0 atom stereocenters. The second kappa shape index (κ2) is 11.7. The summed E-state index contributed by atoms with van der Waals surface area (Å²) in [6, 6.07) is 11.4. The second-order valence-electron chi connectivity index (χ2n) is 9.21. The van der Waals surface area contributed by atoms with Crippen LogP contribution < -0.4 is 10.0 Å². The summed E-state index contributed by atoms with van der Waals surface area (Å²) in [5.74, 6) is -0.622. The van der Waals surface area contributed by atoms with Gasteiger partial charge in [-0.2, -0.15) is 5.26 Å². The van der Waals surface area contributed by atoms with E-state index in [0.29, 0.717) is 77.9 Å². The first-order valence-electron chi connectivity index (χ1n) is 12.4. The van der Waals surface area contributed by atoms with Crippen molar-refractivity contribution in [1.82, 2.24) is 19.9 Å². The predicted molar refractivity (Wildman–Crippen MR) is 152 cm³/mol. The summed E-state index contributed by atoms with van der Waals surface area (Å²) in [6.45, 7) is 4.71. The third-order valence-corrected chi connectivity index (χ3v) is 7.99. The first-order valence-corrected chi connectivity index (χ1v) is 14.4. The van der Waals surface area contributed by atoms with Crippen molar-refractivity contribution in [2.24, 2.45) is 0 Å². The van der Waals surface area contributed by atoms with Gasteiger partial charge < -0.3 is 10.1 Å². The summed E-state index contributed by atoms with van der Waals surface area (Å²) in [6.07, 6.45) is 3.03. The molecule has 206 valence electrons. The van der Waals surface area contributed by atoms with Crippen LogP contribution in [0.5, 0.6) is 0 Å². The van der Waals surface area contributed by atoms with Crippen LogP contribution in [0.1, 0.15) is 11.3 Å². The van der Waals surface area contributed by atoms with Crippen LogP contribution in [0.4, 0.5) is 21.5 Å². The molecule has 0 radical (unpaired) electrons. The molecule has 5 rings (SSSR count). The molecule has 13 heteroatoms. The first kappa shape index (κ1) is 27.7. The molecular weight excluding hydrogens is 557 g/mol. The fourth-order valence-corrected chi connectivity index (χ4v) is 5.55. The molecule has 1 fully saturated rings. The Kier molecular flexibility index (Phi) is 8.09. The van der Waals surface area contributed by atoms with E-state index in [1.54, 1.807) is 31.3 Å². The molecule has 0 spiro atoms. The molecule has 40 heavy (non-hydrogen) atoms. The zero-order valence-corrected chi connectivity index (χ0v) is 23.1. The molecule has 3 aromatic heterocycles. The molecule has 0 saturated carbocycles. The van der Waals surface area contributed by atoms with Crippen LogP contribution in [0.2, 0.25) is 5.02 Å². The molecule has 1 aromatic carbocycles. The number of sulfonamides is 1. The van der Waals surface area contributed by atoms with Crippen molar-refractivity contribution in [3.63, 3.8) is 0 Å². The predicted octanol–water partition coefficient (Wildman–Crippen LogP) is 4.48. The van der Waals surface area contributed by atoms with Gasteiger partial charge in [-0.3, -0.25) is 19.6 Å². The highest BCUT2D eigenvalue weighted by atomic mass is 35.5. The zero-order valence-electron chi connectivity index (χ0n) is 21.5.